The van der Waals surface area contributed by atoms with E-state index in [2.05, 4.69) is 0 Å². The van der Waals surface area contributed by atoms with Gasteiger partial charge in [-0.1, -0.05) is 12.1 Å². The molecule has 1 aliphatic rings. The summed E-state index contributed by atoms with van der Waals surface area (Å²) in [6.07, 6.45) is 1.88. The van der Waals surface area contributed by atoms with Gasteiger partial charge in [0.15, 0.2) is 0 Å². The highest BCUT2D eigenvalue weighted by atomic mass is 35.5. The second kappa shape index (κ2) is 3.88. The predicted molar refractivity (Wildman–Crippen MR) is 60.5 cm³/mol. The molecule has 1 atom stereocenters. The Bertz CT molecular complexity index is 220. The van der Waals surface area contributed by atoms with Crippen molar-refractivity contribution in [1.82, 2.24) is 0 Å². The second-order valence-electron chi connectivity index (χ2n) is 4.69. The molecule has 0 spiro atoms. The topological polar surface area (TPSA) is 18.5 Å². The van der Waals surface area contributed by atoms with Gasteiger partial charge in [-0.2, -0.15) is 0 Å². The molecule has 1 unspecified atom stereocenters. The van der Waals surface area contributed by atoms with Crippen molar-refractivity contribution in [2.45, 2.75) is 51.2 Å². The van der Waals surface area contributed by atoms with Crippen LogP contribution in [0.1, 0.15) is 34.6 Å². The van der Waals surface area contributed by atoms with Crippen LogP contribution in [0.5, 0.6) is 0 Å². The van der Waals surface area contributed by atoms with E-state index in [-0.39, 0.29) is 23.7 Å². The highest BCUT2D eigenvalue weighted by Crippen LogP contribution is 2.36. The lowest BCUT2D eigenvalue weighted by atomic mass is 9.90. The smallest absolute Gasteiger partial charge is 0.400 e. The van der Waals surface area contributed by atoms with E-state index in [1.165, 1.54) is 0 Å². The molecule has 0 radical (unpaired) electrons. The summed E-state index contributed by atoms with van der Waals surface area (Å²) >= 11 is 5.80. The Hall–Kier alpha value is 0.0149. The van der Waals surface area contributed by atoms with Crippen LogP contribution in [-0.2, 0) is 9.31 Å². The molecule has 0 amide bonds. The Morgan fingerprint density at radius 1 is 1.14 bits per heavy atom. The van der Waals surface area contributed by atoms with Crippen molar-refractivity contribution in [2.75, 3.05) is 0 Å². The summed E-state index contributed by atoms with van der Waals surface area (Å²) in [5, 5.41) is 0.00836. The molecule has 0 aromatic carbocycles. The van der Waals surface area contributed by atoms with Crippen molar-refractivity contribution in [3.63, 3.8) is 0 Å². The van der Waals surface area contributed by atoms with Gasteiger partial charge in [-0.05, 0) is 34.6 Å². The molecule has 4 heteroatoms. The first-order valence-electron chi connectivity index (χ1n) is 4.93. The number of hydrogen-bond donors (Lipinski definition) is 0. The molecular weight excluding hydrogens is 198 g/mol. The van der Waals surface area contributed by atoms with Crippen LogP contribution in [0.15, 0.2) is 12.1 Å². The molecule has 2 nitrogen and oxygen atoms in total. The molecule has 0 saturated carbocycles. The van der Waals surface area contributed by atoms with E-state index in [9.17, 15) is 0 Å². The molecule has 1 fully saturated rings. The van der Waals surface area contributed by atoms with E-state index < -0.39 is 0 Å². The third-order valence-corrected chi connectivity index (χ3v) is 2.95. The van der Waals surface area contributed by atoms with Crippen LogP contribution >= 0.6 is 11.6 Å². The molecule has 0 aromatic heterocycles. The molecule has 0 aromatic rings. The van der Waals surface area contributed by atoms with Crippen LogP contribution in [-0.4, -0.2) is 23.7 Å². The van der Waals surface area contributed by atoms with Crippen molar-refractivity contribution in [3.8, 4) is 0 Å². The van der Waals surface area contributed by atoms with Crippen molar-refractivity contribution >= 4 is 18.7 Å². The van der Waals surface area contributed by atoms with Crippen LogP contribution in [0.25, 0.3) is 0 Å². The summed E-state index contributed by atoms with van der Waals surface area (Å²) in [4.78, 5) is 0. The molecule has 0 aliphatic carbocycles. The van der Waals surface area contributed by atoms with E-state index >= 15 is 0 Å². The van der Waals surface area contributed by atoms with Gasteiger partial charge >= 0.3 is 7.12 Å². The highest BCUT2D eigenvalue weighted by molar-refractivity contribution is 6.51. The molecule has 0 N–H and O–H groups in total. The number of hydrogen-bond acceptors (Lipinski definition) is 2. The van der Waals surface area contributed by atoms with E-state index in [4.69, 9.17) is 20.9 Å². The lowest BCUT2D eigenvalue weighted by molar-refractivity contribution is 0.00578. The van der Waals surface area contributed by atoms with Gasteiger partial charge in [0.1, 0.15) is 0 Å². The fraction of sp³-hybridized carbons (Fsp3) is 0.800. The van der Waals surface area contributed by atoms with Crippen LogP contribution in [0, 0.1) is 0 Å². The molecule has 1 aliphatic heterocycles. The molecule has 1 heterocycles. The maximum Gasteiger partial charge on any atom is 0.486 e. The molecule has 1 rings (SSSR count). The Balaban J connectivity index is 2.64. The third kappa shape index (κ3) is 2.53. The molecule has 14 heavy (non-hydrogen) atoms. The Kier molecular flexibility index (Phi) is 3.35. The van der Waals surface area contributed by atoms with Gasteiger partial charge in [0.2, 0.25) is 0 Å². The lowest BCUT2D eigenvalue weighted by Crippen LogP contribution is -2.41. The number of alkyl halides is 1. The third-order valence-electron chi connectivity index (χ3n) is 2.80. The summed E-state index contributed by atoms with van der Waals surface area (Å²) < 4.78 is 11.5. The van der Waals surface area contributed by atoms with Crippen molar-refractivity contribution in [2.24, 2.45) is 0 Å². The van der Waals surface area contributed by atoms with Gasteiger partial charge in [-0.25, -0.2) is 0 Å². The highest BCUT2D eigenvalue weighted by Gasteiger charge is 2.49. The zero-order valence-electron chi connectivity index (χ0n) is 9.50. The first-order chi connectivity index (χ1) is 6.24. The van der Waals surface area contributed by atoms with E-state index in [0.29, 0.717) is 0 Å². The predicted octanol–water partition coefficient (Wildman–Crippen LogP) is 2.80. The largest absolute Gasteiger partial charge is 0.486 e. The summed E-state index contributed by atoms with van der Waals surface area (Å²) in [6.45, 7) is 10.0. The monoisotopic (exact) mass is 216 g/mol. The minimum absolute atomic E-state index is 0.00836. The standard InChI is InChI=1S/C10H18BClO2/c1-8(12)6-7-11-13-9(2,3)10(4,5)14-11/h6-8H,1-5H3. The maximum absolute atomic E-state index is 5.80. The SMILES string of the molecule is CC(Cl)C=CB1OC(C)(C)C(C)(C)O1. The van der Waals surface area contributed by atoms with Crippen molar-refractivity contribution in [1.29, 1.82) is 0 Å². The van der Waals surface area contributed by atoms with E-state index in [1.807, 2.05) is 46.7 Å². The summed E-state index contributed by atoms with van der Waals surface area (Å²) in [7, 11) is -0.277. The average molecular weight is 217 g/mol. The minimum Gasteiger partial charge on any atom is -0.400 e. The average Bonchev–Trinajstić information content (AvgIpc) is 2.17. The van der Waals surface area contributed by atoms with Gasteiger partial charge in [0, 0.05) is 5.38 Å². The normalized spacial score (nSPS) is 27.1. The number of halogens is 1. The zero-order chi connectivity index (χ0) is 11.0. The van der Waals surface area contributed by atoms with Crippen LogP contribution in [0.4, 0.5) is 0 Å². The van der Waals surface area contributed by atoms with Gasteiger partial charge in [0.05, 0.1) is 11.2 Å². The maximum atomic E-state index is 5.80. The fourth-order valence-electron chi connectivity index (χ4n) is 1.21. The summed E-state index contributed by atoms with van der Waals surface area (Å²) in [5.74, 6) is 1.87. The molecule has 1 saturated heterocycles. The molecule has 80 valence electrons. The summed E-state index contributed by atoms with van der Waals surface area (Å²) in [5.41, 5.74) is -0.533. The van der Waals surface area contributed by atoms with E-state index in [0.717, 1.165) is 0 Å². The van der Waals surface area contributed by atoms with Gasteiger partial charge < -0.3 is 9.31 Å². The Morgan fingerprint density at radius 3 is 1.93 bits per heavy atom. The van der Waals surface area contributed by atoms with Crippen LogP contribution in [0.3, 0.4) is 0 Å². The first kappa shape index (κ1) is 12.1. The van der Waals surface area contributed by atoms with Crippen LogP contribution in [0.2, 0.25) is 0 Å². The van der Waals surface area contributed by atoms with Crippen molar-refractivity contribution < 1.29 is 9.31 Å². The van der Waals surface area contributed by atoms with E-state index in [1.54, 1.807) is 0 Å². The quantitative estimate of drug-likeness (QED) is 0.522. The van der Waals surface area contributed by atoms with Crippen molar-refractivity contribution in [3.05, 3.63) is 12.1 Å². The zero-order valence-corrected chi connectivity index (χ0v) is 10.3. The Morgan fingerprint density at radius 2 is 1.57 bits per heavy atom. The first-order valence-corrected chi connectivity index (χ1v) is 5.36. The molecule has 0 bridgehead atoms. The lowest BCUT2D eigenvalue weighted by Gasteiger charge is -2.32. The van der Waals surface area contributed by atoms with Gasteiger partial charge in [-0.3, -0.25) is 0 Å². The molecular formula is C10H18BClO2. The minimum atomic E-state index is -0.277. The van der Waals surface area contributed by atoms with Gasteiger partial charge in [-0.15, -0.1) is 11.6 Å². The van der Waals surface area contributed by atoms with Crippen LogP contribution < -0.4 is 0 Å². The fourth-order valence-corrected chi connectivity index (χ4v) is 1.30. The number of rotatable bonds is 2. The Labute approximate surface area is 91.8 Å². The van der Waals surface area contributed by atoms with Gasteiger partial charge in [0.25, 0.3) is 0 Å². The number of allylic oxidation sites excluding steroid dienone is 1. The second-order valence-corrected chi connectivity index (χ2v) is 5.38. The summed E-state index contributed by atoms with van der Waals surface area (Å²) in [6, 6.07) is 0.